The number of hydrogen-bond donors (Lipinski definition) is 4. The molecule has 3 aromatic rings. The summed E-state index contributed by atoms with van der Waals surface area (Å²) in [6.07, 6.45) is 1.77. The molecule has 1 aromatic carbocycles. The van der Waals surface area contributed by atoms with Gasteiger partial charge in [0.15, 0.2) is 11.9 Å². The number of nitrogens with one attached hydrogen (secondary N) is 2. The molecule has 7 nitrogen and oxygen atoms in total. The zero-order valence-corrected chi connectivity index (χ0v) is 18.0. The van der Waals surface area contributed by atoms with Crippen LogP contribution in [0.4, 0.5) is 0 Å². The summed E-state index contributed by atoms with van der Waals surface area (Å²) in [6, 6.07) is 8.86. The molecule has 1 saturated heterocycles. The normalized spacial score (nSPS) is 20.9. The smallest absolute Gasteiger partial charge is 0.235 e. The molecular formula is C21H31N5O2S+2. The lowest BCUT2D eigenvalue weighted by atomic mass is 10.0. The molecule has 4 N–H and O–H groups in total. The lowest BCUT2D eigenvalue weighted by Crippen LogP contribution is -3.28. The summed E-state index contributed by atoms with van der Waals surface area (Å²) < 4.78 is 1.60. The van der Waals surface area contributed by atoms with E-state index in [0.717, 1.165) is 61.2 Å². The first-order valence-corrected chi connectivity index (χ1v) is 11.4. The summed E-state index contributed by atoms with van der Waals surface area (Å²) in [5.74, 6) is 0.981. The molecule has 4 rings (SSSR count). The highest BCUT2D eigenvalue weighted by Gasteiger charge is 2.36. The van der Waals surface area contributed by atoms with Crippen LogP contribution < -0.4 is 9.80 Å². The zero-order valence-electron chi connectivity index (χ0n) is 17.2. The Bertz CT molecular complexity index is 944. The van der Waals surface area contributed by atoms with Crippen LogP contribution in [0.1, 0.15) is 41.7 Å². The Morgan fingerprint density at radius 2 is 1.83 bits per heavy atom. The van der Waals surface area contributed by atoms with Crippen molar-refractivity contribution in [3.8, 4) is 5.88 Å². The fraction of sp³-hybridized carbons (Fsp3) is 0.524. The number of aryl methyl sites for hydroxylation is 2. The highest BCUT2D eigenvalue weighted by molar-refractivity contribution is 7.17. The van der Waals surface area contributed by atoms with Gasteiger partial charge in [0.2, 0.25) is 10.8 Å². The van der Waals surface area contributed by atoms with Gasteiger partial charge in [-0.15, -0.1) is 5.10 Å². The standard InChI is InChI=1S/C21H29N5O2S/c1-3-15-5-7-16(8-6-15)18(25-11-9-24(10-12-25)13-14-27)19-20(28)26-21(29-19)22-17(4-2)23-26/h5-8,18,27-28H,3-4,9-14H2,1-2H3/p+2/t18-/m0/s1. The first-order valence-electron chi connectivity index (χ1n) is 10.6. The molecule has 0 amide bonds. The number of hydrogen-bond acceptors (Lipinski definition) is 5. The van der Waals surface area contributed by atoms with Crippen LogP contribution in [0.15, 0.2) is 24.3 Å². The Kier molecular flexibility index (Phi) is 6.15. The van der Waals surface area contributed by atoms with Gasteiger partial charge in [-0.25, -0.2) is 4.98 Å². The number of quaternary nitrogens is 2. The van der Waals surface area contributed by atoms with Gasteiger partial charge in [0, 0.05) is 12.0 Å². The largest absolute Gasteiger partial charge is 0.492 e. The van der Waals surface area contributed by atoms with Crippen LogP contribution in [0.3, 0.4) is 0 Å². The van der Waals surface area contributed by atoms with Crippen molar-refractivity contribution in [2.24, 2.45) is 0 Å². The van der Waals surface area contributed by atoms with Crippen molar-refractivity contribution < 1.29 is 20.0 Å². The average molecular weight is 418 g/mol. The number of aromatic nitrogens is 3. The molecule has 0 radical (unpaired) electrons. The molecule has 8 heteroatoms. The van der Waals surface area contributed by atoms with E-state index in [1.165, 1.54) is 20.9 Å². The lowest BCUT2D eigenvalue weighted by molar-refractivity contribution is -1.02. The minimum absolute atomic E-state index is 0.0650. The van der Waals surface area contributed by atoms with Gasteiger partial charge >= 0.3 is 0 Å². The molecule has 0 unspecified atom stereocenters. The second kappa shape index (κ2) is 8.79. The van der Waals surface area contributed by atoms with Gasteiger partial charge in [-0.1, -0.05) is 49.4 Å². The topological polar surface area (TPSA) is 79.5 Å². The molecule has 0 saturated carbocycles. The van der Waals surface area contributed by atoms with E-state index in [1.54, 1.807) is 15.9 Å². The van der Waals surface area contributed by atoms with Crippen LogP contribution in [0.25, 0.3) is 4.96 Å². The average Bonchev–Trinajstić information content (AvgIpc) is 3.29. The van der Waals surface area contributed by atoms with Crippen molar-refractivity contribution >= 4 is 16.3 Å². The molecule has 1 aliphatic rings. The number of aliphatic hydroxyl groups excluding tert-OH is 1. The molecule has 3 heterocycles. The van der Waals surface area contributed by atoms with Gasteiger partial charge < -0.3 is 20.0 Å². The van der Waals surface area contributed by atoms with Gasteiger partial charge in [0.05, 0.1) is 6.61 Å². The summed E-state index contributed by atoms with van der Waals surface area (Å²) in [5, 5.41) is 24.7. The number of aromatic hydroxyl groups is 1. The molecule has 1 atom stereocenters. The third kappa shape index (κ3) is 4.02. The Hall–Kier alpha value is -2.00. The highest BCUT2D eigenvalue weighted by atomic mass is 32.1. The third-order valence-corrected chi connectivity index (χ3v) is 7.10. The molecule has 0 aliphatic carbocycles. The predicted octanol–water partition coefficient (Wildman–Crippen LogP) is -0.514. The van der Waals surface area contributed by atoms with Gasteiger partial charge in [0.25, 0.3) is 0 Å². The Balaban J connectivity index is 1.70. The second-order valence-corrected chi connectivity index (χ2v) is 8.78. The maximum absolute atomic E-state index is 11.0. The van der Waals surface area contributed by atoms with Crippen molar-refractivity contribution in [2.45, 2.75) is 32.7 Å². The maximum Gasteiger partial charge on any atom is 0.235 e. The number of thiazole rings is 1. The monoisotopic (exact) mass is 417 g/mol. The Morgan fingerprint density at radius 1 is 1.10 bits per heavy atom. The maximum atomic E-state index is 11.0. The fourth-order valence-electron chi connectivity index (χ4n) is 4.27. The molecule has 2 aromatic heterocycles. The minimum Gasteiger partial charge on any atom is -0.492 e. The highest BCUT2D eigenvalue weighted by Crippen LogP contribution is 2.35. The summed E-state index contributed by atoms with van der Waals surface area (Å²) in [5.41, 5.74) is 2.54. The molecule has 1 aliphatic heterocycles. The first kappa shape index (κ1) is 20.3. The quantitative estimate of drug-likeness (QED) is 0.417. The summed E-state index contributed by atoms with van der Waals surface area (Å²) in [7, 11) is 0. The molecule has 29 heavy (non-hydrogen) atoms. The van der Waals surface area contributed by atoms with Crippen molar-refractivity contribution in [2.75, 3.05) is 39.3 Å². The van der Waals surface area contributed by atoms with Gasteiger partial charge in [-0.3, -0.25) is 0 Å². The number of piperazine rings is 1. The van der Waals surface area contributed by atoms with E-state index < -0.39 is 0 Å². The third-order valence-electron chi connectivity index (χ3n) is 6.02. The van der Waals surface area contributed by atoms with Crippen LogP contribution in [0, 0.1) is 0 Å². The van der Waals surface area contributed by atoms with E-state index in [2.05, 4.69) is 41.3 Å². The van der Waals surface area contributed by atoms with E-state index in [9.17, 15) is 10.2 Å². The Morgan fingerprint density at radius 3 is 2.41 bits per heavy atom. The first-order chi connectivity index (χ1) is 14.1. The van der Waals surface area contributed by atoms with Crippen molar-refractivity contribution in [1.82, 2.24) is 14.6 Å². The van der Waals surface area contributed by atoms with Crippen LogP contribution in [0.5, 0.6) is 5.88 Å². The summed E-state index contributed by atoms with van der Waals surface area (Å²) >= 11 is 1.55. The molecule has 1 fully saturated rings. The van der Waals surface area contributed by atoms with Crippen LogP contribution in [-0.2, 0) is 12.8 Å². The zero-order chi connectivity index (χ0) is 20.4. The molecule has 0 bridgehead atoms. The van der Waals surface area contributed by atoms with E-state index in [-0.39, 0.29) is 18.5 Å². The summed E-state index contributed by atoms with van der Waals surface area (Å²) in [6.45, 7) is 9.30. The predicted molar refractivity (Wildman–Crippen MR) is 113 cm³/mol. The van der Waals surface area contributed by atoms with Crippen LogP contribution >= 0.6 is 11.3 Å². The van der Waals surface area contributed by atoms with Crippen molar-refractivity contribution in [3.63, 3.8) is 0 Å². The van der Waals surface area contributed by atoms with Gasteiger partial charge in [0.1, 0.15) is 37.6 Å². The lowest BCUT2D eigenvalue weighted by Gasteiger charge is -2.34. The van der Waals surface area contributed by atoms with Crippen LogP contribution in [-0.4, -0.2) is 64.1 Å². The number of nitrogens with zero attached hydrogens (tertiary/aromatic N) is 3. The summed E-state index contributed by atoms with van der Waals surface area (Å²) in [4.78, 5) is 9.17. The fourth-order valence-corrected chi connectivity index (χ4v) is 5.43. The van der Waals surface area contributed by atoms with Gasteiger partial charge in [-0.05, 0) is 12.0 Å². The number of benzene rings is 1. The number of rotatable bonds is 7. The molecule has 156 valence electrons. The van der Waals surface area contributed by atoms with E-state index >= 15 is 0 Å². The van der Waals surface area contributed by atoms with Crippen molar-refractivity contribution in [1.29, 1.82) is 0 Å². The molecular weight excluding hydrogens is 386 g/mol. The number of fused-ring (bicyclic) bond motifs is 1. The molecule has 0 spiro atoms. The number of aliphatic hydroxyl groups is 1. The van der Waals surface area contributed by atoms with E-state index in [1.807, 2.05) is 6.92 Å². The van der Waals surface area contributed by atoms with E-state index in [4.69, 9.17) is 0 Å². The van der Waals surface area contributed by atoms with Crippen molar-refractivity contribution in [3.05, 3.63) is 46.1 Å². The second-order valence-electron chi connectivity index (χ2n) is 7.78. The van der Waals surface area contributed by atoms with Crippen LogP contribution in [0.2, 0.25) is 0 Å². The van der Waals surface area contributed by atoms with E-state index in [0.29, 0.717) is 0 Å². The SMILES string of the molecule is CCc1ccc([C@@H](c2sc3nc(CC)nn3c2O)[NH+]2CC[NH+](CCO)CC2)cc1. The minimum atomic E-state index is 0.0650. The Labute approximate surface area is 175 Å². The van der Waals surface area contributed by atoms with Gasteiger partial charge in [-0.2, -0.15) is 4.52 Å².